The first-order valence-electron chi connectivity index (χ1n) is 8.78. The average Bonchev–Trinajstić information content (AvgIpc) is 2.60. The quantitative estimate of drug-likeness (QED) is 0.670. The molecule has 1 aliphatic rings. The van der Waals surface area contributed by atoms with E-state index >= 15 is 0 Å². The summed E-state index contributed by atoms with van der Waals surface area (Å²) in [5.74, 6) is 0.973. The van der Waals surface area contributed by atoms with Crippen molar-refractivity contribution in [1.29, 1.82) is 0 Å². The highest BCUT2D eigenvalue weighted by atomic mass is 16.5. The third-order valence-corrected chi connectivity index (χ3v) is 4.22. The molecule has 0 unspecified atom stereocenters. The molecule has 0 aliphatic carbocycles. The lowest BCUT2D eigenvalue weighted by atomic mass is 10.2. The summed E-state index contributed by atoms with van der Waals surface area (Å²) in [6.45, 7) is 8.36. The number of benzene rings is 1. The van der Waals surface area contributed by atoms with Crippen LogP contribution in [0.3, 0.4) is 0 Å². The van der Waals surface area contributed by atoms with Crippen LogP contribution in [-0.4, -0.2) is 58.3 Å². The van der Waals surface area contributed by atoms with Crippen LogP contribution in [0.25, 0.3) is 0 Å². The fourth-order valence-corrected chi connectivity index (χ4v) is 2.80. The highest BCUT2D eigenvalue weighted by molar-refractivity contribution is 5.94. The molecular weight excluding hydrogens is 320 g/mol. The maximum absolute atomic E-state index is 12.0. The van der Waals surface area contributed by atoms with Crippen molar-refractivity contribution in [2.24, 2.45) is 5.92 Å². The molecule has 0 bridgehead atoms. The van der Waals surface area contributed by atoms with Gasteiger partial charge < -0.3 is 19.9 Å². The van der Waals surface area contributed by atoms with Gasteiger partial charge in [-0.1, -0.05) is 19.9 Å². The van der Waals surface area contributed by atoms with E-state index in [-0.39, 0.29) is 5.91 Å². The summed E-state index contributed by atoms with van der Waals surface area (Å²) in [4.78, 5) is 27.1. The number of amides is 3. The molecule has 3 amide bonds. The van der Waals surface area contributed by atoms with E-state index in [1.807, 2.05) is 32.0 Å². The summed E-state index contributed by atoms with van der Waals surface area (Å²) in [5, 5.41) is 5.09. The number of carbonyl (C=O) groups is 2. The summed E-state index contributed by atoms with van der Waals surface area (Å²) in [6, 6.07) is 7.60. The van der Waals surface area contributed by atoms with E-state index < -0.39 is 6.03 Å². The molecule has 1 fully saturated rings. The SMILES string of the molecule is COc1cccc(N2CC[NH+](CC(=O)NC(=O)NCC(C)C)CC2)c1. The van der Waals surface area contributed by atoms with E-state index in [9.17, 15) is 9.59 Å². The molecule has 0 aromatic heterocycles. The van der Waals surface area contributed by atoms with Crippen LogP contribution in [0.15, 0.2) is 24.3 Å². The number of urea groups is 1. The van der Waals surface area contributed by atoms with Gasteiger partial charge in [0.25, 0.3) is 5.91 Å². The van der Waals surface area contributed by atoms with Gasteiger partial charge in [-0.2, -0.15) is 0 Å². The molecule has 0 atom stereocenters. The van der Waals surface area contributed by atoms with Gasteiger partial charge >= 0.3 is 6.03 Å². The van der Waals surface area contributed by atoms with Crippen molar-refractivity contribution < 1.29 is 19.2 Å². The minimum Gasteiger partial charge on any atom is -0.497 e. The van der Waals surface area contributed by atoms with Gasteiger partial charge in [-0.25, -0.2) is 4.79 Å². The van der Waals surface area contributed by atoms with E-state index in [2.05, 4.69) is 21.6 Å². The Kier molecular flexibility index (Phi) is 7.06. The minimum atomic E-state index is -0.409. The van der Waals surface area contributed by atoms with E-state index in [1.165, 1.54) is 4.90 Å². The lowest BCUT2D eigenvalue weighted by molar-refractivity contribution is -0.892. The minimum absolute atomic E-state index is 0.230. The summed E-state index contributed by atoms with van der Waals surface area (Å²) in [5.41, 5.74) is 1.14. The number of piperazine rings is 1. The Hall–Kier alpha value is -2.28. The molecule has 1 aromatic rings. The Labute approximate surface area is 149 Å². The predicted molar refractivity (Wildman–Crippen MR) is 97.2 cm³/mol. The second-order valence-corrected chi connectivity index (χ2v) is 6.77. The van der Waals surface area contributed by atoms with Crippen molar-refractivity contribution in [1.82, 2.24) is 10.6 Å². The van der Waals surface area contributed by atoms with Crippen LogP contribution in [-0.2, 0) is 4.79 Å². The monoisotopic (exact) mass is 349 g/mol. The zero-order chi connectivity index (χ0) is 18.2. The number of nitrogens with zero attached hydrogens (tertiary/aromatic N) is 1. The molecule has 0 radical (unpaired) electrons. The Bertz CT molecular complexity index is 583. The third-order valence-electron chi connectivity index (χ3n) is 4.22. The number of carbonyl (C=O) groups excluding carboxylic acids is 2. The van der Waals surface area contributed by atoms with E-state index in [0.717, 1.165) is 37.6 Å². The van der Waals surface area contributed by atoms with E-state index in [1.54, 1.807) is 7.11 Å². The largest absolute Gasteiger partial charge is 0.497 e. The number of methoxy groups -OCH3 is 1. The molecule has 0 saturated carbocycles. The molecule has 1 saturated heterocycles. The highest BCUT2D eigenvalue weighted by Gasteiger charge is 2.23. The molecule has 1 aliphatic heterocycles. The standard InChI is InChI=1S/C18H28N4O3/c1-14(2)12-19-18(24)20-17(23)13-21-7-9-22(10-8-21)15-5-4-6-16(11-15)25-3/h4-6,11,14H,7-10,12-13H2,1-3H3,(H2,19,20,23,24)/p+1. The van der Waals surface area contributed by atoms with Crippen LogP contribution in [0, 0.1) is 5.92 Å². The second kappa shape index (κ2) is 9.27. The summed E-state index contributed by atoms with van der Waals surface area (Å²) < 4.78 is 5.27. The lowest BCUT2D eigenvalue weighted by Gasteiger charge is -2.33. The van der Waals surface area contributed by atoms with Crippen LogP contribution in [0.1, 0.15) is 13.8 Å². The molecule has 3 N–H and O–H groups in total. The number of rotatable bonds is 6. The van der Waals surface area contributed by atoms with Crippen LogP contribution < -0.4 is 25.2 Å². The fourth-order valence-electron chi connectivity index (χ4n) is 2.80. The Morgan fingerprint density at radius 1 is 1.28 bits per heavy atom. The Morgan fingerprint density at radius 2 is 2.00 bits per heavy atom. The maximum atomic E-state index is 12.0. The highest BCUT2D eigenvalue weighted by Crippen LogP contribution is 2.20. The average molecular weight is 349 g/mol. The lowest BCUT2D eigenvalue weighted by Crippen LogP contribution is -3.16. The van der Waals surface area contributed by atoms with Crippen molar-refractivity contribution in [2.45, 2.75) is 13.8 Å². The van der Waals surface area contributed by atoms with Gasteiger partial charge in [0.1, 0.15) is 5.75 Å². The van der Waals surface area contributed by atoms with Gasteiger partial charge in [0.15, 0.2) is 6.54 Å². The Morgan fingerprint density at radius 3 is 2.64 bits per heavy atom. The van der Waals surface area contributed by atoms with Crippen LogP contribution in [0.2, 0.25) is 0 Å². The van der Waals surface area contributed by atoms with Gasteiger partial charge in [0.2, 0.25) is 0 Å². The number of ether oxygens (including phenoxy) is 1. The second-order valence-electron chi connectivity index (χ2n) is 6.77. The predicted octanol–water partition coefficient (Wildman–Crippen LogP) is -0.118. The molecule has 7 heteroatoms. The summed E-state index contributed by atoms with van der Waals surface area (Å²) >= 11 is 0. The van der Waals surface area contributed by atoms with Gasteiger partial charge in [0, 0.05) is 18.3 Å². The number of imide groups is 1. The molecule has 1 heterocycles. The molecule has 25 heavy (non-hydrogen) atoms. The molecule has 2 rings (SSSR count). The number of quaternary nitrogens is 1. The summed E-state index contributed by atoms with van der Waals surface area (Å²) in [7, 11) is 1.66. The molecule has 0 spiro atoms. The van der Waals surface area contributed by atoms with Crippen molar-refractivity contribution in [3.63, 3.8) is 0 Å². The first-order valence-corrected chi connectivity index (χ1v) is 8.78. The smallest absolute Gasteiger partial charge is 0.321 e. The zero-order valence-corrected chi connectivity index (χ0v) is 15.3. The molecule has 138 valence electrons. The molecule has 7 nitrogen and oxygen atoms in total. The van der Waals surface area contributed by atoms with Crippen LogP contribution in [0.4, 0.5) is 10.5 Å². The van der Waals surface area contributed by atoms with Crippen molar-refractivity contribution in [3.8, 4) is 5.75 Å². The van der Waals surface area contributed by atoms with Crippen molar-refractivity contribution >= 4 is 17.6 Å². The zero-order valence-electron chi connectivity index (χ0n) is 15.3. The maximum Gasteiger partial charge on any atom is 0.321 e. The normalized spacial score (nSPS) is 15.1. The number of hydrogen-bond donors (Lipinski definition) is 3. The fraction of sp³-hybridized carbons (Fsp3) is 0.556. The molecular formula is C18H29N4O3+. The van der Waals surface area contributed by atoms with Gasteiger partial charge in [-0.05, 0) is 18.1 Å². The molecule has 1 aromatic carbocycles. The van der Waals surface area contributed by atoms with E-state index in [0.29, 0.717) is 19.0 Å². The van der Waals surface area contributed by atoms with Crippen LogP contribution in [0.5, 0.6) is 5.75 Å². The van der Waals surface area contributed by atoms with Crippen molar-refractivity contribution in [2.75, 3.05) is 51.3 Å². The van der Waals surface area contributed by atoms with Gasteiger partial charge in [-0.15, -0.1) is 0 Å². The van der Waals surface area contributed by atoms with E-state index in [4.69, 9.17) is 4.74 Å². The number of hydrogen-bond acceptors (Lipinski definition) is 4. The van der Waals surface area contributed by atoms with Crippen LogP contribution >= 0.6 is 0 Å². The topological polar surface area (TPSA) is 75.1 Å². The number of nitrogens with one attached hydrogen (secondary N) is 3. The third kappa shape index (κ3) is 6.26. The first kappa shape index (κ1) is 19.1. The number of anilines is 1. The van der Waals surface area contributed by atoms with Gasteiger partial charge in [-0.3, -0.25) is 10.1 Å². The van der Waals surface area contributed by atoms with Gasteiger partial charge in [0.05, 0.1) is 33.3 Å². The summed E-state index contributed by atoms with van der Waals surface area (Å²) in [6.07, 6.45) is 0. The first-order chi connectivity index (χ1) is 12.0. The van der Waals surface area contributed by atoms with Crippen molar-refractivity contribution in [3.05, 3.63) is 24.3 Å². The Balaban J connectivity index is 1.74.